The highest BCUT2D eigenvalue weighted by Crippen LogP contribution is 2.14. The summed E-state index contributed by atoms with van der Waals surface area (Å²) in [5.74, 6) is 0.230. The van der Waals surface area contributed by atoms with Gasteiger partial charge in [-0.05, 0) is 43.9 Å². The molecule has 0 N–H and O–H groups in total. The number of Topliss-reactive ketones (excluding diaryl/α,β-unsaturated/α-hetero) is 1. The predicted molar refractivity (Wildman–Crippen MR) is 74.0 cm³/mol. The summed E-state index contributed by atoms with van der Waals surface area (Å²) < 4.78 is 0. The SMILES string of the molecule is Cc1ccc(C(=O)CCCCCCC=O)cc1C. The van der Waals surface area contributed by atoms with Gasteiger partial charge < -0.3 is 4.79 Å². The molecule has 0 amide bonds. The third-order valence-corrected chi connectivity index (χ3v) is 3.30. The standard InChI is InChI=1S/C16H22O2/c1-13-9-10-15(12-14(13)2)16(18)8-6-4-3-5-7-11-17/h9-12H,3-8H2,1-2H3. The van der Waals surface area contributed by atoms with E-state index in [1.54, 1.807) is 0 Å². The fourth-order valence-corrected chi connectivity index (χ4v) is 1.93. The van der Waals surface area contributed by atoms with Gasteiger partial charge >= 0.3 is 0 Å². The minimum atomic E-state index is 0.230. The Morgan fingerprint density at radius 3 is 2.44 bits per heavy atom. The average molecular weight is 246 g/mol. The van der Waals surface area contributed by atoms with E-state index in [0.29, 0.717) is 12.8 Å². The molecule has 0 unspecified atom stereocenters. The van der Waals surface area contributed by atoms with Crippen LogP contribution in [0.2, 0.25) is 0 Å². The summed E-state index contributed by atoms with van der Waals surface area (Å²) in [6.07, 6.45) is 6.16. The van der Waals surface area contributed by atoms with Gasteiger partial charge in [-0.15, -0.1) is 0 Å². The van der Waals surface area contributed by atoms with E-state index in [2.05, 4.69) is 6.92 Å². The van der Waals surface area contributed by atoms with Crippen molar-refractivity contribution in [2.45, 2.75) is 52.4 Å². The van der Waals surface area contributed by atoms with Gasteiger partial charge in [-0.2, -0.15) is 0 Å². The molecule has 2 heteroatoms. The molecule has 0 aliphatic carbocycles. The van der Waals surface area contributed by atoms with Gasteiger partial charge in [0.25, 0.3) is 0 Å². The number of hydrogen-bond acceptors (Lipinski definition) is 2. The number of aldehydes is 1. The minimum Gasteiger partial charge on any atom is -0.303 e. The largest absolute Gasteiger partial charge is 0.303 e. The number of benzene rings is 1. The van der Waals surface area contributed by atoms with Crippen LogP contribution < -0.4 is 0 Å². The molecule has 1 aromatic rings. The van der Waals surface area contributed by atoms with Crippen molar-refractivity contribution < 1.29 is 9.59 Å². The number of ketones is 1. The Hall–Kier alpha value is -1.44. The van der Waals surface area contributed by atoms with E-state index in [-0.39, 0.29) is 5.78 Å². The quantitative estimate of drug-likeness (QED) is 0.394. The Balaban J connectivity index is 2.32. The molecule has 1 rings (SSSR count). The third-order valence-electron chi connectivity index (χ3n) is 3.30. The van der Waals surface area contributed by atoms with E-state index in [1.165, 1.54) is 11.1 Å². The van der Waals surface area contributed by atoms with Crippen molar-refractivity contribution in [2.24, 2.45) is 0 Å². The molecule has 0 saturated heterocycles. The van der Waals surface area contributed by atoms with Crippen molar-refractivity contribution in [3.63, 3.8) is 0 Å². The van der Waals surface area contributed by atoms with E-state index in [0.717, 1.165) is 37.5 Å². The van der Waals surface area contributed by atoms with Crippen LogP contribution in [0, 0.1) is 13.8 Å². The molecular formula is C16H22O2. The summed E-state index contributed by atoms with van der Waals surface area (Å²) in [5, 5.41) is 0. The van der Waals surface area contributed by atoms with Crippen LogP contribution in [0.5, 0.6) is 0 Å². The summed E-state index contributed by atoms with van der Waals surface area (Å²) in [6, 6.07) is 5.90. The Kier molecular flexibility index (Phi) is 6.34. The fraction of sp³-hybridized carbons (Fsp3) is 0.500. The monoisotopic (exact) mass is 246 g/mol. The molecule has 0 bridgehead atoms. The molecule has 2 nitrogen and oxygen atoms in total. The van der Waals surface area contributed by atoms with Crippen molar-refractivity contribution in [1.29, 1.82) is 0 Å². The summed E-state index contributed by atoms with van der Waals surface area (Å²) in [5.41, 5.74) is 3.22. The summed E-state index contributed by atoms with van der Waals surface area (Å²) in [4.78, 5) is 22.1. The lowest BCUT2D eigenvalue weighted by Crippen LogP contribution is -2.00. The van der Waals surface area contributed by atoms with Crippen LogP contribution in [-0.2, 0) is 4.79 Å². The average Bonchev–Trinajstić information content (AvgIpc) is 2.36. The first kappa shape index (κ1) is 14.6. The van der Waals surface area contributed by atoms with Gasteiger partial charge in [0.15, 0.2) is 5.78 Å². The van der Waals surface area contributed by atoms with Crippen LogP contribution >= 0.6 is 0 Å². The number of aryl methyl sites for hydroxylation is 2. The van der Waals surface area contributed by atoms with Crippen molar-refractivity contribution in [3.8, 4) is 0 Å². The molecule has 0 atom stereocenters. The second kappa shape index (κ2) is 7.80. The Morgan fingerprint density at radius 2 is 1.78 bits per heavy atom. The normalized spacial score (nSPS) is 10.3. The zero-order valence-electron chi connectivity index (χ0n) is 11.4. The van der Waals surface area contributed by atoms with Crippen LogP contribution in [0.3, 0.4) is 0 Å². The minimum absolute atomic E-state index is 0.230. The predicted octanol–water partition coefficient (Wildman–Crippen LogP) is 4.03. The lowest BCUT2D eigenvalue weighted by atomic mass is 10.00. The zero-order valence-corrected chi connectivity index (χ0v) is 11.4. The maximum absolute atomic E-state index is 11.9. The highest BCUT2D eigenvalue weighted by molar-refractivity contribution is 5.96. The molecule has 1 aromatic carbocycles. The van der Waals surface area contributed by atoms with Crippen molar-refractivity contribution in [2.75, 3.05) is 0 Å². The second-order valence-corrected chi connectivity index (χ2v) is 4.84. The maximum atomic E-state index is 11.9. The van der Waals surface area contributed by atoms with E-state index < -0.39 is 0 Å². The highest BCUT2D eigenvalue weighted by Gasteiger charge is 2.06. The van der Waals surface area contributed by atoms with Crippen LogP contribution in [0.1, 0.15) is 60.0 Å². The van der Waals surface area contributed by atoms with Crippen molar-refractivity contribution in [1.82, 2.24) is 0 Å². The molecule has 0 fully saturated rings. The topological polar surface area (TPSA) is 34.1 Å². The van der Waals surface area contributed by atoms with E-state index in [9.17, 15) is 9.59 Å². The lowest BCUT2D eigenvalue weighted by molar-refractivity contribution is -0.107. The number of rotatable bonds is 8. The van der Waals surface area contributed by atoms with Gasteiger partial charge in [0, 0.05) is 18.4 Å². The van der Waals surface area contributed by atoms with Gasteiger partial charge in [0.2, 0.25) is 0 Å². The zero-order chi connectivity index (χ0) is 13.4. The Labute approximate surface area is 109 Å². The maximum Gasteiger partial charge on any atom is 0.162 e. The first-order chi connectivity index (χ1) is 8.65. The molecule has 0 aliphatic heterocycles. The molecule has 0 aromatic heterocycles. The number of unbranched alkanes of at least 4 members (excludes halogenated alkanes) is 4. The molecule has 0 spiro atoms. The lowest BCUT2D eigenvalue weighted by Gasteiger charge is -2.04. The molecule has 0 radical (unpaired) electrons. The molecular weight excluding hydrogens is 224 g/mol. The summed E-state index contributed by atoms with van der Waals surface area (Å²) in [7, 11) is 0. The number of carbonyl (C=O) groups is 2. The first-order valence-electron chi connectivity index (χ1n) is 6.69. The van der Waals surface area contributed by atoms with Crippen LogP contribution in [0.15, 0.2) is 18.2 Å². The van der Waals surface area contributed by atoms with E-state index in [4.69, 9.17) is 0 Å². The fourth-order valence-electron chi connectivity index (χ4n) is 1.93. The number of hydrogen-bond donors (Lipinski definition) is 0. The van der Waals surface area contributed by atoms with Gasteiger partial charge in [0.05, 0.1) is 0 Å². The first-order valence-corrected chi connectivity index (χ1v) is 6.69. The molecule has 0 saturated carbocycles. The molecule has 98 valence electrons. The van der Waals surface area contributed by atoms with Crippen LogP contribution in [-0.4, -0.2) is 12.1 Å². The van der Waals surface area contributed by atoms with Crippen LogP contribution in [0.25, 0.3) is 0 Å². The molecule has 18 heavy (non-hydrogen) atoms. The Bertz CT molecular complexity index is 408. The summed E-state index contributed by atoms with van der Waals surface area (Å²) >= 11 is 0. The Morgan fingerprint density at radius 1 is 1.06 bits per heavy atom. The number of carbonyl (C=O) groups excluding carboxylic acids is 2. The van der Waals surface area contributed by atoms with Crippen molar-refractivity contribution >= 4 is 12.1 Å². The van der Waals surface area contributed by atoms with Gasteiger partial charge in [-0.3, -0.25) is 4.79 Å². The van der Waals surface area contributed by atoms with Gasteiger partial charge in [-0.25, -0.2) is 0 Å². The van der Waals surface area contributed by atoms with Gasteiger partial charge in [-0.1, -0.05) is 25.0 Å². The highest BCUT2D eigenvalue weighted by atomic mass is 16.1. The molecule has 0 heterocycles. The van der Waals surface area contributed by atoms with Crippen molar-refractivity contribution in [3.05, 3.63) is 34.9 Å². The molecule has 0 aliphatic rings. The second-order valence-electron chi connectivity index (χ2n) is 4.84. The smallest absolute Gasteiger partial charge is 0.162 e. The van der Waals surface area contributed by atoms with Crippen LogP contribution in [0.4, 0.5) is 0 Å². The summed E-state index contributed by atoms with van der Waals surface area (Å²) in [6.45, 7) is 4.09. The van der Waals surface area contributed by atoms with E-state index >= 15 is 0 Å². The third kappa shape index (κ3) is 4.82. The van der Waals surface area contributed by atoms with E-state index in [1.807, 2.05) is 25.1 Å². The van der Waals surface area contributed by atoms with Gasteiger partial charge in [0.1, 0.15) is 6.29 Å².